The maximum Gasteiger partial charge on any atom is 0.435 e. The van der Waals surface area contributed by atoms with Gasteiger partial charge in [-0.3, -0.25) is 19.2 Å². The van der Waals surface area contributed by atoms with Crippen molar-refractivity contribution in [3.63, 3.8) is 0 Å². The van der Waals surface area contributed by atoms with Gasteiger partial charge >= 0.3 is 12.1 Å². The van der Waals surface area contributed by atoms with E-state index in [4.69, 9.17) is 21.9 Å². The molecule has 1 unspecified atom stereocenters. The largest absolute Gasteiger partial charge is 0.462 e. The lowest BCUT2D eigenvalue weighted by molar-refractivity contribution is -0.150. The van der Waals surface area contributed by atoms with Crippen molar-refractivity contribution in [2.45, 2.75) is 102 Å². The van der Waals surface area contributed by atoms with Gasteiger partial charge in [-0.15, -0.1) is 0 Å². The Labute approximate surface area is 271 Å². The fourth-order valence-electron chi connectivity index (χ4n) is 6.21. The first kappa shape index (κ1) is 35.9. The molecule has 2 aromatic rings. The highest BCUT2D eigenvalue weighted by molar-refractivity contribution is 6.00. The average Bonchev–Trinajstić information content (AvgIpc) is 3.37. The number of nitrogens with zero attached hydrogens (tertiary/aromatic N) is 2. The van der Waals surface area contributed by atoms with Crippen LogP contribution >= 0.6 is 0 Å². The Morgan fingerprint density at radius 2 is 1.83 bits per heavy atom. The lowest BCUT2D eigenvalue weighted by Gasteiger charge is -2.30. The van der Waals surface area contributed by atoms with Crippen molar-refractivity contribution in [3.8, 4) is 5.69 Å². The lowest BCUT2D eigenvalue weighted by Crippen LogP contribution is -2.41. The Bertz CT molecular complexity index is 1480. The number of ketones is 1. The van der Waals surface area contributed by atoms with E-state index in [-0.39, 0.29) is 60.8 Å². The predicted octanol–water partition coefficient (Wildman–Crippen LogP) is 3.37. The average molecular weight is 664 g/mol. The van der Waals surface area contributed by atoms with E-state index < -0.39 is 46.6 Å². The summed E-state index contributed by atoms with van der Waals surface area (Å²) in [6.45, 7) is 4.28. The number of nitrogens with two attached hydrogens (primary N) is 3. The van der Waals surface area contributed by atoms with Crippen LogP contribution < -0.4 is 27.8 Å². The number of aromatic nitrogens is 2. The van der Waals surface area contributed by atoms with Gasteiger partial charge in [-0.1, -0.05) is 20.3 Å². The van der Waals surface area contributed by atoms with Gasteiger partial charge in [0.15, 0.2) is 11.5 Å². The minimum atomic E-state index is -4.82. The maximum atomic E-state index is 14.0. The van der Waals surface area contributed by atoms with Gasteiger partial charge in [0.2, 0.25) is 5.91 Å². The number of unbranched alkanes of at least 4 members (excludes halogenated alkanes) is 1. The molecule has 12 nitrogen and oxygen atoms in total. The molecule has 1 saturated carbocycles. The zero-order chi connectivity index (χ0) is 34.5. The number of nitrogens with one attached hydrogen (secondary N) is 2. The number of fused-ring (bicyclic) bond motifs is 1. The van der Waals surface area contributed by atoms with Crippen LogP contribution in [0.5, 0.6) is 0 Å². The summed E-state index contributed by atoms with van der Waals surface area (Å²) in [6, 6.07) is 3.60. The number of primary amides is 1. The fourth-order valence-corrected chi connectivity index (χ4v) is 6.21. The summed E-state index contributed by atoms with van der Waals surface area (Å²) < 4.78 is 48.6. The normalized spacial score (nSPS) is 19.9. The summed E-state index contributed by atoms with van der Waals surface area (Å²) in [6.07, 6.45) is -0.707. The molecular weight excluding hydrogens is 619 g/mol. The molecule has 0 saturated heterocycles. The molecule has 258 valence electrons. The topological polar surface area (TPSA) is 197 Å². The molecule has 0 aliphatic heterocycles. The Kier molecular flexibility index (Phi) is 11.3. The van der Waals surface area contributed by atoms with Crippen molar-refractivity contribution in [3.05, 3.63) is 40.7 Å². The molecule has 2 amide bonds. The summed E-state index contributed by atoms with van der Waals surface area (Å²) in [5, 5.41) is 9.79. The third kappa shape index (κ3) is 9.10. The number of alkyl halides is 3. The first-order valence-electron chi connectivity index (χ1n) is 16.0. The Hall–Kier alpha value is -3.98. The molecule has 1 atom stereocenters. The van der Waals surface area contributed by atoms with Gasteiger partial charge in [0, 0.05) is 24.7 Å². The molecule has 2 aliphatic rings. The first-order chi connectivity index (χ1) is 22.1. The van der Waals surface area contributed by atoms with Crippen molar-refractivity contribution < 1.29 is 37.1 Å². The smallest absolute Gasteiger partial charge is 0.435 e. The number of amides is 2. The van der Waals surface area contributed by atoms with Crippen LogP contribution in [0.3, 0.4) is 0 Å². The molecule has 1 heterocycles. The van der Waals surface area contributed by atoms with Gasteiger partial charge in [-0.2, -0.15) is 18.3 Å². The van der Waals surface area contributed by atoms with Crippen LogP contribution in [0.2, 0.25) is 0 Å². The van der Waals surface area contributed by atoms with Crippen LogP contribution in [0.15, 0.2) is 18.2 Å². The van der Waals surface area contributed by atoms with E-state index in [9.17, 15) is 32.3 Å². The molecule has 47 heavy (non-hydrogen) atoms. The minimum Gasteiger partial charge on any atom is -0.462 e. The lowest BCUT2D eigenvalue weighted by atomic mass is 9.75. The zero-order valence-corrected chi connectivity index (χ0v) is 26.8. The van der Waals surface area contributed by atoms with Gasteiger partial charge in [0.25, 0.3) is 5.91 Å². The number of carbonyl (C=O) groups excluding carboxylic acids is 4. The van der Waals surface area contributed by atoms with E-state index in [0.29, 0.717) is 44.3 Å². The maximum absolute atomic E-state index is 14.0. The predicted molar refractivity (Wildman–Crippen MR) is 168 cm³/mol. The van der Waals surface area contributed by atoms with Crippen LogP contribution in [-0.4, -0.2) is 64.6 Å². The SMILES string of the molecule is CC1(C)CC(=O)c2c(C(F)(F)F)nn(-c3ccc(C(N)=O)c(NC4CCC(OC(=O)CCNC(=O)C(N)CCCCN)CC4)c3)c2C1. The van der Waals surface area contributed by atoms with Crippen molar-refractivity contribution in [2.75, 3.05) is 18.4 Å². The number of esters is 1. The highest BCUT2D eigenvalue weighted by atomic mass is 19.4. The molecule has 0 radical (unpaired) electrons. The molecule has 1 aromatic carbocycles. The number of carbonyl (C=O) groups is 4. The highest BCUT2D eigenvalue weighted by Gasteiger charge is 2.45. The molecule has 2 aliphatic carbocycles. The fraction of sp³-hybridized carbons (Fsp3) is 0.594. The van der Waals surface area contributed by atoms with Crippen LogP contribution in [0.25, 0.3) is 5.69 Å². The van der Waals surface area contributed by atoms with Gasteiger partial charge in [-0.05, 0) is 75.1 Å². The van der Waals surface area contributed by atoms with Crippen LogP contribution in [0.1, 0.15) is 104 Å². The van der Waals surface area contributed by atoms with E-state index in [2.05, 4.69) is 15.7 Å². The standard InChI is InChI=1S/C32H44F3N7O5/c1-31(2)16-24-27(25(43)17-31)28(32(33,34)35)41-42(24)19-8-11-21(29(38)45)23(15-19)40-18-6-9-20(10-7-18)47-26(44)12-14-39-30(46)22(37)5-3-4-13-36/h8,11,15,18,20,22,40H,3-7,9-10,12-14,16-17,36-37H2,1-2H3,(H2,38,45)(H,39,46). The number of hydrogen-bond donors (Lipinski definition) is 5. The van der Waals surface area contributed by atoms with Crippen LogP contribution in [0.4, 0.5) is 18.9 Å². The van der Waals surface area contributed by atoms with E-state index in [0.717, 1.165) is 17.5 Å². The van der Waals surface area contributed by atoms with E-state index in [1.807, 2.05) is 13.8 Å². The molecule has 0 bridgehead atoms. The summed E-state index contributed by atoms with van der Waals surface area (Å²) in [7, 11) is 0. The molecular formula is C32H44F3N7O5. The van der Waals surface area contributed by atoms with Gasteiger partial charge in [0.05, 0.1) is 35.0 Å². The summed E-state index contributed by atoms with van der Waals surface area (Å²) in [4.78, 5) is 49.6. The second-order valence-electron chi connectivity index (χ2n) is 13.2. The van der Waals surface area contributed by atoms with E-state index in [1.54, 1.807) is 0 Å². The van der Waals surface area contributed by atoms with Crippen molar-refractivity contribution in [1.29, 1.82) is 0 Å². The van der Waals surface area contributed by atoms with Gasteiger partial charge in [0.1, 0.15) is 6.10 Å². The first-order valence-corrected chi connectivity index (χ1v) is 16.0. The van der Waals surface area contributed by atoms with E-state index in [1.165, 1.54) is 18.2 Å². The van der Waals surface area contributed by atoms with Gasteiger partial charge < -0.3 is 32.6 Å². The monoisotopic (exact) mass is 663 g/mol. The summed E-state index contributed by atoms with van der Waals surface area (Å²) in [5.41, 5.74) is 15.6. The highest BCUT2D eigenvalue weighted by Crippen LogP contribution is 2.42. The minimum absolute atomic E-state index is 0.00413. The Morgan fingerprint density at radius 1 is 1.13 bits per heavy atom. The Balaban J connectivity index is 1.39. The molecule has 0 spiro atoms. The molecule has 4 rings (SSSR count). The van der Waals surface area contributed by atoms with Crippen molar-refractivity contribution in [1.82, 2.24) is 15.1 Å². The van der Waals surface area contributed by atoms with Crippen molar-refractivity contribution in [2.24, 2.45) is 22.6 Å². The van der Waals surface area contributed by atoms with E-state index >= 15 is 0 Å². The number of anilines is 1. The van der Waals surface area contributed by atoms with Crippen LogP contribution in [0, 0.1) is 5.41 Å². The quantitative estimate of drug-likeness (QED) is 0.158. The summed E-state index contributed by atoms with van der Waals surface area (Å²) in [5.74, 6) is -2.10. The van der Waals surface area contributed by atoms with Crippen LogP contribution in [-0.2, 0) is 26.9 Å². The number of hydrogen-bond acceptors (Lipinski definition) is 9. The zero-order valence-electron chi connectivity index (χ0n) is 26.8. The molecule has 8 N–H and O–H groups in total. The number of halogens is 3. The summed E-state index contributed by atoms with van der Waals surface area (Å²) >= 11 is 0. The Morgan fingerprint density at radius 3 is 2.47 bits per heavy atom. The van der Waals surface area contributed by atoms with Crippen molar-refractivity contribution >= 4 is 29.3 Å². The van der Waals surface area contributed by atoms with Gasteiger partial charge in [-0.25, -0.2) is 4.68 Å². The molecule has 1 fully saturated rings. The molecule has 1 aromatic heterocycles. The third-order valence-electron chi connectivity index (χ3n) is 8.59. The second-order valence-corrected chi connectivity index (χ2v) is 13.2. The third-order valence-corrected chi connectivity index (χ3v) is 8.59. The second kappa shape index (κ2) is 14.8. The number of rotatable bonds is 13. The number of Topliss-reactive ketones (excluding diaryl/α,β-unsaturated/α-hetero) is 1. The number of benzene rings is 1. The molecule has 15 heteroatoms. The number of ether oxygens (including phenoxy) is 1.